The molecule has 0 aliphatic carbocycles. The van der Waals surface area contributed by atoms with Gasteiger partial charge >= 0.3 is 0 Å². The molecule has 0 amide bonds. The van der Waals surface area contributed by atoms with Crippen LogP contribution in [0.2, 0.25) is 0 Å². The van der Waals surface area contributed by atoms with Gasteiger partial charge in [0.05, 0.1) is 13.3 Å². The van der Waals surface area contributed by atoms with Gasteiger partial charge < -0.3 is 10.5 Å². The number of nitrogens with two attached hydrogens (primary N) is 1. The maximum Gasteiger partial charge on any atom is 0.164 e. The molecule has 0 saturated heterocycles. The molecular formula is C10H17N3O. The molecule has 0 fully saturated rings. The zero-order valence-corrected chi connectivity index (χ0v) is 8.73. The predicted molar refractivity (Wildman–Crippen MR) is 57.2 cm³/mol. The quantitative estimate of drug-likeness (QED) is 0.769. The predicted octanol–water partition coefficient (Wildman–Crippen LogP) is 1.27. The van der Waals surface area contributed by atoms with E-state index in [-0.39, 0.29) is 0 Å². The van der Waals surface area contributed by atoms with E-state index in [1.54, 1.807) is 13.3 Å². The molecule has 78 valence electrons. The van der Waals surface area contributed by atoms with Crippen LogP contribution >= 0.6 is 0 Å². The number of methoxy groups -OCH3 is 1. The van der Waals surface area contributed by atoms with Crippen LogP contribution in [0, 0.1) is 0 Å². The standard InChI is InChI=1S/C10H17N3O/c1-3-13-9(6-4-5-7-11)10(14-2)8-12-13/h4,6,8H,3,5,7,11H2,1-2H3/b6-4+. The Balaban J connectivity index is 2.85. The van der Waals surface area contributed by atoms with Crippen LogP contribution < -0.4 is 10.5 Å². The van der Waals surface area contributed by atoms with E-state index in [0.29, 0.717) is 6.54 Å². The second-order valence-corrected chi connectivity index (χ2v) is 2.89. The number of nitrogens with zero attached hydrogens (tertiary/aromatic N) is 2. The Hall–Kier alpha value is -1.29. The van der Waals surface area contributed by atoms with Crippen molar-refractivity contribution in [3.8, 4) is 5.75 Å². The number of aryl methyl sites for hydroxylation is 1. The summed E-state index contributed by atoms with van der Waals surface area (Å²) in [5.74, 6) is 0.806. The van der Waals surface area contributed by atoms with Gasteiger partial charge in [-0.15, -0.1) is 0 Å². The first-order valence-electron chi connectivity index (χ1n) is 4.79. The summed E-state index contributed by atoms with van der Waals surface area (Å²) in [6.45, 7) is 3.55. The lowest BCUT2D eigenvalue weighted by atomic mass is 10.3. The third-order valence-electron chi connectivity index (χ3n) is 1.97. The molecule has 0 aliphatic rings. The summed E-state index contributed by atoms with van der Waals surface area (Å²) in [5, 5.41) is 4.19. The maximum atomic E-state index is 5.40. The van der Waals surface area contributed by atoms with E-state index >= 15 is 0 Å². The lowest BCUT2D eigenvalue weighted by molar-refractivity contribution is 0.412. The highest BCUT2D eigenvalue weighted by Gasteiger charge is 2.05. The molecule has 14 heavy (non-hydrogen) atoms. The Morgan fingerprint density at radius 2 is 2.43 bits per heavy atom. The van der Waals surface area contributed by atoms with Crippen LogP contribution in [0.15, 0.2) is 12.3 Å². The summed E-state index contributed by atoms with van der Waals surface area (Å²) >= 11 is 0. The van der Waals surface area contributed by atoms with E-state index < -0.39 is 0 Å². The molecule has 1 heterocycles. The first kappa shape index (κ1) is 10.8. The van der Waals surface area contributed by atoms with Crippen molar-refractivity contribution in [3.63, 3.8) is 0 Å². The van der Waals surface area contributed by atoms with E-state index in [2.05, 4.69) is 5.10 Å². The van der Waals surface area contributed by atoms with Gasteiger partial charge in [0.2, 0.25) is 0 Å². The molecule has 0 spiro atoms. The van der Waals surface area contributed by atoms with Gasteiger partial charge in [0, 0.05) is 6.54 Å². The molecule has 1 aromatic rings. The average molecular weight is 195 g/mol. The Morgan fingerprint density at radius 3 is 3.00 bits per heavy atom. The maximum absolute atomic E-state index is 5.40. The molecule has 1 aromatic heterocycles. The zero-order chi connectivity index (χ0) is 10.4. The first-order valence-corrected chi connectivity index (χ1v) is 4.79. The molecule has 4 nitrogen and oxygen atoms in total. The van der Waals surface area contributed by atoms with Crippen LogP contribution in [-0.4, -0.2) is 23.4 Å². The number of hydrogen-bond donors (Lipinski definition) is 1. The number of ether oxygens (including phenoxy) is 1. The molecule has 0 atom stereocenters. The zero-order valence-electron chi connectivity index (χ0n) is 8.73. The highest BCUT2D eigenvalue weighted by Crippen LogP contribution is 2.18. The number of rotatable bonds is 5. The SMILES string of the molecule is CCn1ncc(OC)c1/C=C/CCN. The van der Waals surface area contributed by atoms with Gasteiger partial charge in [-0.2, -0.15) is 5.10 Å². The van der Waals surface area contributed by atoms with Gasteiger partial charge in [0.25, 0.3) is 0 Å². The molecule has 0 unspecified atom stereocenters. The van der Waals surface area contributed by atoms with Crippen LogP contribution in [0.4, 0.5) is 0 Å². The largest absolute Gasteiger partial charge is 0.493 e. The Morgan fingerprint density at radius 1 is 1.64 bits per heavy atom. The van der Waals surface area contributed by atoms with E-state index in [4.69, 9.17) is 10.5 Å². The average Bonchev–Trinajstić information content (AvgIpc) is 2.60. The molecule has 4 heteroatoms. The van der Waals surface area contributed by atoms with Crippen LogP contribution in [-0.2, 0) is 6.54 Å². The Kier molecular flexibility index (Phi) is 4.19. The van der Waals surface area contributed by atoms with E-state index in [1.165, 1.54) is 0 Å². The topological polar surface area (TPSA) is 53.1 Å². The molecule has 0 radical (unpaired) electrons. The van der Waals surface area contributed by atoms with Crippen LogP contribution in [0.5, 0.6) is 5.75 Å². The van der Waals surface area contributed by atoms with Crippen molar-refractivity contribution in [3.05, 3.63) is 18.0 Å². The summed E-state index contributed by atoms with van der Waals surface area (Å²) in [6, 6.07) is 0. The Labute approximate surface area is 84.4 Å². The van der Waals surface area contributed by atoms with Gasteiger partial charge in [-0.05, 0) is 26.0 Å². The van der Waals surface area contributed by atoms with Crippen molar-refractivity contribution < 1.29 is 4.74 Å². The third kappa shape index (κ3) is 2.35. The fourth-order valence-electron chi connectivity index (χ4n) is 1.25. The van der Waals surface area contributed by atoms with Crippen molar-refractivity contribution in [2.75, 3.05) is 13.7 Å². The van der Waals surface area contributed by atoms with Gasteiger partial charge in [0.1, 0.15) is 5.69 Å². The minimum atomic E-state index is 0.666. The second-order valence-electron chi connectivity index (χ2n) is 2.89. The van der Waals surface area contributed by atoms with Crippen LogP contribution in [0.3, 0.4) is 0 Å². The third-order valence-corrected chi connectivity index (χ3v) is 1.97. The summed E-state index contributed by atoms with van der Waals surface area (Å²) in [4.78, 5) is 0. The monoisotopic (exact) mass is 195 g/mol. The van der Waals surface area contributed by atoms with Crippen LogP contribution in [0.1, 0.15) is 19.0 Å². The van der Waals surface area contributed by atoms with Crippen molar-refractivity contribution in [1.29, 1.82) is 0 Å². The summed E-state index contributed by atoms with van der Waals surface area (Å²) in [7, 11) is 1.65. The summed E-state index contributed by atoms with van der Waals surface area (Å²) in [6.07, 6.45) is 6.64. The van der Waals surface area contributed by atoms with Crippen molar-refractivity contribution in [2.45, 2.75) is 19.9 Å². The molecule has 0 aromatic carbocycles. The molecule has 1 rings (SSSR count). The van der Waals surface area contributed by atoms with Gasteiger partial charge in [-0.3, -0.25) is 4.68 Å². The highest BCUT2D eigenvalue weighted by molar-refractivity contribution is 5.52. The normalized spacial score (nSPS) is 11.1. The fraction of sp³-hybridized carbons (Fsp3) is 0.500. The smallest absolute Gasteiger partial charge is 0.164 e. The number of hydrogen-bond acceptors (Lipinski definition) is 3. The fourth-order valence-corrected chi connectivity index (χ4v) is 1.25. The van der Waals surface area contributed by atoms with Crippen molar-refractivity contribution >= 4 is 6.08 Å². The Bertz CT molecular complexity index is 283. The van der Waals surface area contributed by atoms with Crippen molar-refractivity contribution in [1.82, 2.24) is 9.78 Å². The van der Waals surface area contributed by atoms with Crippen LogP contribution in [0.25, 0.3) is 6.08 Å². The van der Waals surface area contributed by atoms with Gasteiger partial charge in [-0.1, -0.05) is 6.08 Å². The summed E-state index contributed by atoms with van der Waals surface area (Å²) < 4.78 is 7.09. The van der Waals surface area contributed by atoms with Crippen molar-refractivity contribution in [2.24, 2.45) is 5.73 Å². The first-order chi connectivity index (χ1) is 6.83. The van der Waals surface area contributed by atoms with Gasteiger partial charge in [0.15, 0.2) is 5.75 Å². The minimum absolute atomic E-state index is 0.666. The molecule has 0 bridgehead atoms. The lowest BCUT2D eigenvalue weighted by Crippen LogP contribution is -2.00. The number of aromatic nitrogens is 2. The van der Waals surface area contributed by atoms with E-state index in [1.807, 2.05) is 23.8 Å². The molecule has 2 N–H and O–H groups in total. The van der Waals surface area contributed by atoms with E-state index in [0.717, 1.165) is 24.4 Å². The minimum Gasteiger partial charge on any atom is -0.493 e. The summed E-state index contributed by atoms with van der Waals surface area (Å²) in [5.41, 5.74) is 6.41. The highest BCUT2D eigenvalue weighted by atomic mass is 16.5. The molecular weight excluding hydrogens is 178 g/mol. The lowest BCUT2D eigenvalue weighted by Gasteiger charge is -2.01. The molecule has 0 saturated carbocycles. The second kappa shape index (κ2) is 5.44. The molecule has 0 aliphatic heterocycles. The van der Waals surface area contributed by atoms with E-state index in [9.17, 15) is 0 Å². The van der Waals surface area contributed by atoms with Gasteiger partial charge in [-0.25, -0.2) is 0 Å².